The van der Waals surface area contributed by atoms with E-state index in [0.717, 1.165) is 72.9 Å². The van der Waals surface area contributed by atoms with Gasteiger partial charge in [-0.05, 0) is 75.2 Å². The van der Waals surface area contributed by atoms with Crippen LogP contribution in [0.4, 0.5) is 17.1 Å². The summed E-state index contributed by atoms with van der Waals surface area (Å²) in [5, 5.41) is 10.00. The monoisotopic (exact) mass is 688 g/mol. The first-order valence-corrected chi connectivity index (χ1v) is 17.9. The number of hydrogen-bond donors (Lipinski definition) is 1. The number of benzene rings is 4. The number of ether oxygens (including phenoxy) is 2. The predicted octanol–water partition coefficient (Wildman–Crippen LogP) is 7.80. The molecule has 5 aromatic rings. The van der Waals surface area contributed by atoms with Gasteiger partial charge in [-0.2, -0.15) is 0 Å². The lowest BCUT2D eigenvalue weighted by atomic mass is 10.0. The summed E-state index contributed by atoms with van der Waals surface area (Å²) in [4.78, 5) is 32.2. The summed E-state index contributed by atoms with van der Waals surface area (Å²) >= 11 is 0. The van der Waals surface area contributed by atoms with Crippen molar-refractivity contribution in [2.45, 2.75) is 39.7 Å². The molecular formula is C42H48N4O5. The molecule has 0 amide bonds. The van der Waals surface area contributed by atoms with Crippen LogP contribution in [0.2, 0.25) is 0 Å². The molecule has 1 N–H and O–H groups in total. The van der Waals surface area contributed by atoms with E-state index >= 15 is 0 Å². The van der Waals surface area contributed by atoms with Gasteiger partial charge in [-0.1, -0.05) is 48.0 Å². The highest BCUT2D eigenvalue weighted by Crippen LogP contribution is 2.35. The third-order valence-electron chi connectivity index (χ3n) is 9.58. The van der Waals surface area contributed by atoms with Crippen LogP contribution in [0.5, 0.6) is 11.5 Å². The Balaban J connectivity index is 1.16. The smallest absolute Gasteiger partial charge is 0.303 e. The molecule has 4 aromatic carbocycles. The van der Waals surface area contributed by atoms with Crippen molar-refractivity contribution in [3.63, 3.8) is 0 Å². The summed E-state index contributed by atoms with van der Waals surface area (Å²) in [5.74, 6) is 0.677. The molecule has 0 atom stereocenters. The summed E-state index contributed by atoms with van der Waals surface area (Å²) in [6.07, 6.45) is 3.27. The zero-order valence-electron chi connectivity index (χ0n) is 29.9. The molecule has 266 valence electrons. The van der Waals surface area contributed by atoms with Gasteiger partial charge < -0.3 is 28.9 Å². The number of para-hydroxylation sites is 3. The molecule has 1 aromatic heterocycles. The van der Waals surface area contributed by atoms with Crippen LogP contribution < -0.4 is 19.3 Å². The number of carboxylic acids is 1. The number of nitrogens with zero attached hydrogens (tertiary/aromatic N) is 4. The van der Waals surface area contributed by atoms with E-state index in [1.54, 1.807) is 0 Å². The van der Waals surface area contributed by atoms with Gasteiger partial charge in [0.1, 0.15) is 11.5 Å². The maximum Gasteiger partial charge on any atom is 0.303 e. The number of aliphatic carboxylic acids is 1. The van der Waals surface area contributed by atoms with E-state index in [4.69, 9.17) is 14.6 Å². The largest absolute Gasteiger partial charge is 0.492 e. The van der Waals surface area contributed by atoms with E-state index in [-0.39, 0.29) is 12.2 Å². The molecule has 0 unspecified atom stereocenters. The average Bonchev–Trinajstić information content (AvgIpc) is 3.52. The first-order valence-electron chi connectivity index (χ1n) is 17.9. The number of piperazine rings is 1. The molecule has 2 heterocycles. The van der Waals surface area contributed by atoms with E-state index in [9.17, 15) is 9.59 Å². The van der Waals surface area contributed by atoms with Gasteiger partial charge in [-0.25, -0.2) is 0 Å². The maximum absolute atomic E-state index is 14.1. The van der Waals surface area contributed by atoms with Gasteiger partial charge in [-0.15, -0.1) is 0 Å². The molecule has 0 bridgehead atoms. The molecule has 6 rings (SSSR count). The van der Waals surface area contributed by atoms with Crippen LogP contribution in [0.25, 0.3) is 10.9 Å². The van der Waals surface area contributed by atoms with Crippen molar-refractivity contribution >= 4 is 39.7 Å². The number of rotatable bonds is 16. The third kappa shape index (κ3) is 8.55. The molecule has 51 heavy (non-hydrogen) atoms. The van der Waals surface area contributed by atoms with Crippen LogP contribution in [0.3, 0.4) is 0 Å². The second-order valence-corrected chi connectivity index (χ2v) is 13.1. The van der Waals surface area contributed by atoms with Crippen molar-refractivity contribution in [2.75, 3.05) is 62.8 Å². The van der Waals surface area contributed by atoms with Crippen molar-refractivity contribution in [3.05, 3.63) is 114 Å². The van der Waals surface area contributed by atoms with E-state index in [2.05, 4.69) is 58.0 Å². The molecule has 0 aliphatic carbocycles. The summed E-state index contributed by atoms with van der Waals surface area (Å²) in [6, 6.07) is 30.1. The lowest BCUT2D eigenvalue weighted by molar-refractivity contribution is -0.137. The molecule has 1 fully saturated rings. The summed E-state index contributed by atoms with van der Waals surface area (Å²) in [7, 11) is 2.02. The van der Waals surface area contributed by atoms with Crippen LogP contribution in [-0.2, 0) is 11.3 Å². The number of aromatic nitrogens is 1. The third-order valence-corrected chi connectivity index (χ3v) is 9.58. The van der Waals surface area contributed by atoms with Crippen LogP contribution >= 0.6 is 0 Å². The Labute approximate surface area is 300 Å². The number of carbonyl (C=O) groups excluding carboxylic acids is 1. The molecular weight excluding hydrogens is 640 g/mol. The van der Waals surface area contributed by atoms with E-state index < -0.39 is 5.97 Å². The van der Waals surface area contributed by atoms with Crippen LogP contribution in [0.15, 0.2) is 97.2 Å². The SMILES string of the molecule is CCOc1ccccc1N1CCN(CCCOc2cc(C(=O)c3cn(CCCC(=O)O)c4ccccc34)ccc2N(C)c2ccc(C)cc2)CC1. The Morgan fingerprint density at radius 3 is 2.33 bits per heavy atom. The summed E-state index contributed by atoms with van der Waals surface area (Å²) in [5.41, 5.74) is 6.30. The average molecular weight is 689 g/mol. The van der Waals surface area contributed by atoms with Crippen molar-refractivity contribution in [2.24, 2.45) is 0 Å². The minimum atomic E-state index is -0.826. The van der Waals surface area contributed by atoms with Gasteiger partial charge in [0.05, 0.1) is 24.6 Å². The zero-order valence-corrected chi connectivity index (χ0v) is 29.9. The van der Waals surface area contributed by atoms with Crippen LogP contribution in [0, 0.1) is 6.92 Å². The number of carbonyl (C=O) groups is 2. The van der Waals surface area contributed by atoms with Crippen LogP contribution in [0.1, 0.15) is 47.7 Å². The molecule has 0 radical (unpaired) electrons. The van der Waals surface area contributed by atoms with Gasteiger partial charge in [-0.3, -0.25) is 14.5 Å². The lowest BCUT2D eigenvalue weighted by Gasteiger charge is -2.36. The molecule has 0 spiro atoms. The Bertz CT molecular complexity index is 1950. The molecule has 1 aliphatic rings. The molecule has 9 nitrogen and oxygen atoms in total. The minimum absolute atomic E-state index is 0.0751. The molecule has 9 heteroatoms. The Kier molecular flexibility index (Phi) is 11.6. The number of ketones is 1. The van der Waals surface area contributed by atoms with Crippen molar-refractivity contribution < 1.29 is 24.2 Å². The maximum atomic E-state index is 14.1. The highest BCUT2D eigenvalue weighted by atomic mass is 16.5. The van der Waals surface area contributed by atoms with Gasteiger partial charge in [0.25, 0.3) is 0 Å². The number of aryl methyl sites for hydroxylation is 2. The minimum Gasteiger partial charge on any atom is -0.492 e. The van der Waals surface area contributed by atoms with Crippen LogP contribution in [-0.4, -0.2) is 79.3 Å². The highest BCUT2D eigenvalue weighted by molar-refractivity contribution is 6.16. The fraction of sp³-hybridized carbons (Fsp3) is 0.333. The lowest BCUT2D eigenvalue weighted by Crippen LogP contribution is -2.46. The quantitative estimate of drug-likeness (QED) is 0.0831. The van der Waals surface area contributed by atoms with Crippen molar-refractivity contribution in [1.29, 1.82) is 0 Å². The highest BCUT2D eigenvalue weighted by Gasteiger charge is 2.22. The fourth-order valence-corrected chi connectivity index (χ4v) is 6.80. The normalized spacial score (nSPS) is 13.4. The zero-order chi connectivity index (χ0) is 35.7. The fourth-order valence-electron chi connectivity index (χ4n) is 6.80. The van der Waals surface area contributed by atoms with Gasteiger partial charge in [0, 0.05) is 86.7 Å². The van der Waals surface area contributed by atoms with E-state index in [1.165, 1.54) is 5.56 Å². The van der Waals surface area contributed by atoms with Gasteiger partial charge in [0.15, 0.2) is 5.78 Å². The standard InChI is InChI=1S/C42H48N4O5/c1-4-50-39-14-8-7-13-38(39)45-26-24-44(25-27-45)22-10-28-51-40-29-32(18-21-37(40)43(3)33-19-16-31(2)17-20-33)42(49)35-30-46(23-9-15-41(47)48)36-12-6-5-11-34(35)36/h5-8,11-14,16-21,29-30H,4,9-10,15,22-28H2,1-3H3,(H,47,48). The second kappa shape index (κ2) is 16.6. The number of fused-ring (bicyclic) bond motifs is 1. The molecule has 0 saturated carbocycles. The predicted molar refractivity (Wildman–Crippen MR) is 204 cm³/mol. The van der Waals surface area contributed by atoms with Gasteiger partial charge in [0.2, 0.25) is 0 Å². The number of hydrogen-bond acceptors (Lipinski definition) is 7. The first-order chi connectivity index (χ1) is 24.8. The summed E-state index contributed by atoms with van der Waals surface area (Å²) < 4.78 is 14.4. The van der Waals surface area contributed by atoms with E-state index in [1.807, 2.05) is 79.3 Å². The Morgan fingerprint density at radius 1 is 0.824 bits per heavy atom. The Morgan fingerprint density at radius 2 is 1.57 bits per heavy atom. The van der Waals surface area contributed by atoms with Crippen molar-refractivity contribution in [1.82, 2.24) is 9.47 Å². The summed E-state index contributed by atoms with van der Waals surface area (Å²) in [6.45, 7) is 10.5. The number of carboxylic acid groups (broad SMARTS) is 1. The second-order valence-electron chi connectivity index (χ2n) is 13.1. The first kappa shape index (κ1) is 35.5. The van der Waals surface area contributed by atoms with Crippen molar-refractivity contribution in [3.8, 4) is 11.5 Å². The van der Waals surface area contributed by atoms with Gasteiger partial charge >= 0.3 is 5.97 Å². The number of anilines is 3. The van der Waals surface area contributed by atoms with E-state index in [0.29, 0.717) is 43.1 Å². The Hall–Kier alpha value is -5.28. The topological polar surface area (TPSA) is 87.5 Å². The molecule has 1 saturated heterocycles. The molecule has 1 aliphatic heterocycles.